The van der Waals surface area contributed by atoms with Gasteiger partial charge in [-0.2, -0.15) is 0 Å². The molecule has 13 heavy (non-hydrogen) atoms. The van der Waals surface area contributed by atoms with Crippen molar-refractivity contribution in [1.29, 1.82) is 0 Å². The van der Waals surface area contributed by atoms with Crippen molar-refractivity contribution >= 4 is 17.0 Å². The van der Waals surface area contributed by atoms with Gasteiger partial charge in [0, 0.05) is 0 Å². The Kier molecular flexibility index (Phi) is 11.3. The SMILES string of the molecule is CCCC(C(=O)OCC)S(=O)[O-].[Na+]. The second kappa shape index (κ2) is 9.15. The molecule has 0 spiro atoms. The molecule has 72 valence electrons. The first-order valence-electron chi connectivity index (χ1n) is 3.88. The summed E-state index contributed by atoms with van der Waals surface area (Å²) in [7, 11) is 0. The molecule has 0 saturated heterocycles. The van der Waals surface area contributed by atoms with Gasteiger partial charge in [-0.1, -0.05) is 13.3 Å². The van der Waals surface area contributed by atoms with Gasteiger partial charge >= 0.3 is 35.5 Å². The Bertz CT molecular complexity index is 174. The van der Waals surface area contributed by atoms with E-state index >= 15 is 0 Å². The summed E-state index contributed by atoms with van der Waals surface area (Å²) in [5.74, 6) is -0.646. The van der Waals surface area contributed by atoms with Gasteiger partial charge in [-0.25, -0.2) is 0 Å². The number of esters is 1. The zero-order valence-electron chi connectivity index (χ0n) is 8.24. The Balaban J connectivity index is 0. The molecule has 0 aromatic rings. The van der Waals surface area contributed by atoms with Crippen LogP contribution in [0.15, 0.2) is 0 Å². The Morgan fingerprint density at radius 2 is 2.08 bits per heavy atom. The van der Waals surface area contributed by atoms with Crippen molar-refractivity contribution < 1.29 is 47.9 Å². The van der Waals surface area contributed by atoms with E-state index in [1.54, 1.807) is 6.92 Å². The first-order valence-corrected chi connectivity index (χ1v) is 5.02. The molecule has 0 radical (unpaired) electrons. The summed E-state index contributed by atoms with van der Waals surface area (Å²) in [5, 5.41) is -0.991. The minimum Gasteiger partial charge on any atom is -0.772 e. The minimum atomic E-state index is -2.36. The van der Waals surface area contributed by atoms with Crippen molar-refractivity contribution in [3.63, 3.8) is 0 Å². The third-order valence-electron chi connectivity index (χ3n) is 1.33. The Morgan fingerprint density at radius 1 is 1.54 bits per heavy atom. The average molecular weight is 216 g/mol. The summed E-state index contributed by atoms with van der Waals surface area (Å²) in [6.45, 7) is 3.68. The van der Waals surface area contributed by atoms with E-state index < -0.39 is 22.3 Å². The smallest absolute Gasteiger partial charge is 0.772 e. The van der Waals surface area contributed by atoms with E-state index in [0.29, 0.717) is 12.8 Å². The van der Waals surface area contributed by atoms with Gasteiger partial charge in [0.05, 0.1) is 6.61 Å². The molecule has 0 rings (SSSR count). The summed E-state index contributed by atoms with van der Waals surface area (Å²) in [4.78, 5) is 11.0. The molecular weight excluding hydrogens is 203 g/mol. The number of hydrogen-bond donors (Lipinski definition) is 0. The second-order valence-corrected chi connectivity index (χ2v) is 3.38. The standard InChI is InChI=1S/C7H14O4S.Na/c1-3-5-6(12(9)10)7(8)11-4-2;/h6H,3-5H2,1-2H3,(H,9,10);/q;+1/p-1. The molecular formula is C7H13NaO4S. The predicted molar refractivity (Wildman–Crippen MR) is 44.2 cm³/mol. The monoisotopic (exact) mass is 216 g/mol. The van der Waals surface area contributed by atoms with Crippen molar-refractivity contribution in [3.05, 3.63) is 0 Å². The zero-order chi connectivity index (χ0) is 9.56. The van der Waals surface area contributed by atoms with Crippen LogP contribution in [-0.4, -0.2) is 26.6 Å². The first-order chi connectivity index (χ1) is 5.63. The summed E-state index contributed by atoms with van der Waals surface area (Å²) in [6, 6.07) is 0. The van der Waals surface area contributed by atoms with E-state index in [2.05, 4.69) is 4.74 Å². The minimum absolute atomic E-state index is 0. The van der Waals surface area contributed by atoms with Gasteiger partial charge in [-0.05, 0) is 24.4 Å². The quantitative estimate of drug-likeness (QED) is 0.292. The molecule has 0 aliphatic carbocycles. The summed E-state index contributed by atoms with van der Waals surface area (Å²) < 4.78 is 25.6. The van der Waals surface area contributed by atoms with Gasteiger partial charge < -0.3 is 9.29 Å². The van der Waals surface area contributed by atoms with E-state index in [0.717, 1.165) is 0 Å². The van der Waals surface area contributed by atoms with Crippen LogP contribution in [0.4, 0.5) is 0 Å². The maximum atomic E-state index is 11.0. The fourth-order valence-electron chi connectivity index (χ4n) is 0.790. The number of ether oxygens (including phenoxy) is 1. The van der Waals surface area contributed by atoms with E-state index in [1.165, 1.54) is 0 Å². The molecule has 6 heteroatoms. The van der Waals surface area contributed by atoms with E-state index in [9.17, 15) is 13.6 Å². The number of rotatable bonds is 5. The van der Waals surface area contributed by atoms with Crippen LogP contribution in [0.5, 0.6) is 0 Å². The topological polar surface area (TPSA) is 66.4 Å². The van der Waals surface area contributed by atoms with Crippen LogP contribution in [-0.2, 0) is 20.6 Å². The van der Waals surface area contributed by atoms with Crippen LogP contribution >= 0.6 is 0 Å². The average Bonchev–Trinajstić information content (AvgIpc) is 1.99. The first kappa shape index (κ1) is 16.0. The molecule has 0 N–H and O–H groups in total. The van der Waals surface area contributed by atoms with Crippen LogP contribution in [0, 0.1) is 0 Å². The number of carbonyl (C=O) groups is 1. The molecule has 0 bridgehead atoms. The van der Waals surface area contributed by atoms with Crippen molar-refractivity contribution in [2.45, 2.75) is 31.9 Å². The van der Waals surface area contributed by atoms with Gasteiger partial charge in [0.15, 0.2) is 0 Å². The molecule has 0 heterocycles. The van der Waals surface area contributed by atoms with Crippen LogP contribution < -0.4 is 29.6 Å². The molecule has 0 amide bonds. The van der Waals surface area contributed by atoms with E-state index in [4.69, 9.17) is 0 Å². The molecule has 2 atom stereocenters. The van der Waals surface area contributed by atoms with Gasteiger partial charge in [0.25, 0.3) is 0 Å². The van der Waals surface area contributed by atoms with Gasteiger partial charge in [-0.15, -0.1) is 0 Å². The molecule has 0 fully saturated rings. The number of hydrogen-bond acceptors (Lipinski definition) is 4. The Hall–Kier alpha value is 0.580. The van der Waals surface area contributed by atoms with Crippen LogP contribution in [0.25, 0.3) is 0 Å². The van der Waals surface area contributed by atoms with E-state index in [1.807, 2.05) is 6.92 Å². The Labute approximate surface area is 103 Å². The molecule has 0 aliphatic rings. The van der Waals surface area contributed by atoms with Crippen molar-refractivity contribution in [1.82, 2.24) is 0 Å². The maximum Gasteiger partial charge on any atom is 1.00 e. The van der Waals surface area contributed by atoms with Gasteiger partial charge in [0.1, 0.15) is 5.25 Å². The van der Waals surface area contributed by atoms with Crippen molar-refractivity contribution in [2.75, 3.05) is 6.61 Å². The molecule has 2 unspecified atom stereocenters. The normalized spacial score (nSPS) is 14.1. The second-order valence-electron chi connectivity index (χ2n) is 2.29. The van der Waals surface area contributed by atoms with Crippen LogP contribution in [0.1, 0.15) is 26.7 Å². The summed E-state index contributed by atoms with van der Waals surface area (Å²) in [6.07, 6.45) is 0.979. The maximum absolute atomic E-state index is 11.0. The van der Waals surface area contributed by atoms with Crippen molar-refractivity contribution in [2.24, 2.45) is 0 Å². The number of carbonyl (C=O) groups excluding carboxylic acids is 1. The molecule has 0 saturated carbocycles. The van der Waals surface area contributed by atoms with Crippen molar-refractivity contribution in [3.8, 4) is 0 Å². The largest absolute Gasteiger partial charge is 1.00 e. The zero-order valence-corrected chi connectivity index (χ0v) is 11.1. The van der Waals surface area contributed by atoms with Gasteiger partial charge in [0.2, 0.25) is 0 Å². The Morgan fingerprint density at radius 3 is 2.38 bits per heavy atom. The summed E-state index contributed by atoms with van der Waals surface area (Å²) >= 11 is -2.36. The fourth-order valence-corrected chi connectivity index (χ4v) is 1.44. The van der Waals surface area contributed by atoms with Gasteiger partial charge in [-0.3, -0.25) is 9.00 Å². The third-order valence-corrected chi connectivity index (χ3v) is 2.23. The molecule has 0 aromatic carbocycles. The van der Waals surface area contributed by atoms with E-state index in [-0.39, 0.29) is 36.2 Å². The third kappa shape index (κ3) is 6.62. The van der Waals surface area contributed by atoms with Crippen LogP contribution in [0.2, 0.25) is 0 Å². The summed E-state index contributed by atoms with van der Waals surface area (Å²) in [5.41, 5.74) is 0. The molecule has 0 aliphatic heterocycles. The van der Waals surface area contributed by atoms with Crippen LogP contribution in [0.3, 0.4) is 0 Å². The molecule has 4 nitrogen and oxygen atoms in total. The fraction of sp³-hybridized carbons (Fsp3) is 0.857. The molecule has 0 aromatic heterocycles. The predicted octanol–water partition coefficient (Wildman–Crippen LogP) is -2.40.